The highest BCUT2D eigenvalue weighted by molar-refractivity contribution is 7.17. The molecule has 1 atom stereocenters. The van der Waals surface area contributed by atoms with Crippen molar-refractivity contribution in [2.24, 2.45) is 0 Å². The van der Waals surface area contributed by atoms with Gasteiger partial charge in [0, 0.05) is 26.2 Å². The topological polar surface area (TPSA) is 56.9 Å². The Morgan fingerprint density at radius 1 is 1.03 bits per heavy atom. The molecule has 0 bridgehead atoms. The second kappa shape index (κ2) is 7.94. The molecule has 0 radical (unpaired) electrons. The highest BCUT2D eigenvalue weighted by atomic mass is 32.1. The number of para-hydroxylation sites is 1. The predicted octanol–water partition coefficient (Wildman–Crippen LogP) is 4.16. The van der Waals surface area contributed by atoms with E-state index in [9.17, 15) is 9.50 Å². The van der Waals surface area contributed by atoms with E-state index in [1.165, 1.54) is 27.5 Å². The number of aromatic nitrogens is 3. The van der Waals surface area contributed by atoms with Crippen molar-refractivity contribution in [3.05, 3.63) is 76.2 Å². The smallest absolute Gasteiger partial charge is 0.230 e. The zero-order valence-electron chi connectivity index (χ0n) is 17.5. The Morgan fingerprint density at radius 2 is 1.81 bits per heavy atom. The van der Waals surface area contributed by atoms with Gasteiger partial charge in [-0.2, -0.15) is 4.52 Å². The molecule has 1 aliphatic heterocycles. The Morgan fingerprint density at radius 3 is 2.52 bits per heavy atom. The van der Waals surface area contributed by atoms with Gasteiger partial charge in [-0.3, -0.25) is 4.90 Å². The summed E-state index contributed by atoms with van der Waals surface area (Å²) in [5.74, 6) is 0.590. The summed E-state index contributed by atoms with van der Waals surface area (Å²) < 4.78 is 15.8. The monoisotopic (exact) mass is 437 g/mol. The van der Waals surface area contributed by atoms with Crippen molar-refractivity contribution in [3.63, 3.8) is 0 Å². The van der Waals surface area contributed by atoms with Crippen LogP contribution in [0.15, 0.2) is 48.5 Å². The SMILES string of the molecule is Cc1cccc(C(c2sc3nc(C)nn3c2O)N2CCN(c3ccccc3F)CC2)c1. The van der Waals surface area contributed by atoms with Crippen molar-refractivity contribution in [3.8, 4) is 5.88 Å². The van der Waals surface area contributed by atoms with Gasteiger partial charge in [0.1, 0.15) is 11.6 Å². The van der Waals surface area contributed by atoms with Crippen LogP contribution in [0, 0.1) is 19.7 Å². The summed E-state index contributed by atoms with van der Waals surface area (Å²) in [4.78, 5) is 10.4. The van der Waals surface area contributed by atoms with Crippen LogP contribution in [0.1, 0.15) is 27.9 Å². The van der Waals surface area contributed by atoms with E-state index >= 15 is 0 Å². The van der Waals surface area contributed by atoms with Gasteiger partial charge in [0.05, 0.1) is 16.6 Å². The molecule has 2 aromatic carbocycles. The molecule has 1 N–H and O–H groups in total. The van der Waals surface area contributed by atoms with E-state index in [0.717, 1.165) is 23.5 Å². The van der Waals surface area contributed by atoms with Gasteiger partial charge in [0.2, 0.25) is 10.8 Å². The maximum absolute atomic E-state index is 14.3. The first kappa shape index (κ1) is 20.0. The second-order valence-corrected chi connectivity index (χ2v) is 8.94. The van der Waals surface area contributed by atoms with Gasteiger partial charge in [-0.05, 0) is 31.5 Å². The summed E-state index contributed by atoms with van der Waals surface area (Å²) in [5.41, 5.74) is 2.93. The Labute approximate surface area is 184 Å². The molecular formula is C23H24FN5OS. The third-order valence-electron chi connectivity index (χ3n) is 5.78. The molecule has 1 saturated heterocycles. The minimum absolute atomic E-state index is 0.114. The summed E-state index contributed by atoms with van der Waals surface area (Å²) in [6.45, 7) is 6.81. The molecule has 1 unspecified atom stereocenters. The van der Waals surface area contributed by atoms with Crippen LogP contribution in [0.3, 0.4) is 0 Å². The number of hydrogen-bond acceptors (Lipinski definition) is 6. The number of anilines is 1. The van der Waals surface area contributed by atoms with Crippen LogP contribution >= 0.6 is 11.3 Å². The quantitative estimate of drug-likeness (QED) is 0.520. The Balaban J connectivity index is 1.49. The molecule has 2 aromatic heterocycles. The van der Waals surface area contributed by atoms with Gasteiger partial charge in [0.15, 0.2) is 0 Å². The van der Waals surface area contributed by atoms with E-state index in [2.05, 4.69) is 45.0 Å². The number of aromatic hydroxyl groups is 1. The van der Waals surface area contributed by atoms with Crippen LogP contribution in [-0.2, 0) is 0 Å². The minimum Gasteiger partial charge on any atom is -0.492 e. The Bertz CT molecular complexity index is 1230. The molecule has 1 fully saturated rings. The summed E-state index contributed by atoms with van der Waals surface area (Å²) in [6.07, 6.45) is 0. The lowest BCUT2D eigenvalue weighted by molar-refractivity contribution is 0.210. The van der Waals surface area contributed by atoms with Crippen LogP contribution in [0.4, 0.5) is 10.1 Å². The lowest BCUT2D eigenvalue weighted by Crippen LogP contribution is -2.48. The van der Waals surface area contributed by atoms with Gasteiger partial charge >= 0.3 is 0 Å². The number of aryl methyl sites for hydroxylation is 2. The summed E-state index contributed by atoms with van der Waals surface area (Å²) in [6, 6.07) is 15.2. The predicted molar refractivity (Wildman–Crippen MR) is 120 cm³/mol. The largest absolute Gasteiger partial charge is 0.492 e. The molecule has 160 valence electrons. The average Bonchev–Trinajstić information content (AvgIpc) is 3.27. The number of benzene rings is 2. The highest BCUT2D eigenvalue weighted by Crippen LogP contribution is 2.40. The van der Waals surface area contributed by atoms with E-state index in [1.807, 2.05) is 25.1 Å². The van der Waals surface area contributed by atoms with Gasteiger partial charge in [-0.1, -0.05) is 53.3 Å². The zero-order valence-corrected chi connectivity index (χ0v) is 18.3. The molecule has 3 heterocycles. The van der Waals surface area contributed by atoms with Crippen LogP contribution in [0.5, 0.6) is 5.88 Å². The minimum atomic E-state index is -0.190. The molecule has 0 amide bonds. The van der Waals surface area contributed by atoms with Crippen molar-refractivity contribution in [2.75, 3.05) is 31.1 Å². The lowest BCUT2D eigenvalue weighted by Gasteiger charge is -2.40. The van der Waals surface area contributed by atoms with E-state index in [0.29, 0.717) is 29.6 Å². The van der Waals surface area contributed by atoms with Gasteiger partial charge in [-0.25, -0.2) is 9.37 Å². The number of rotatable bonds is 4. The molecule has 5 rings (SSSR count). The van der Waals surface area contributed by atoms with E-state index in [-0.39, 0.29) is 17.7 Å². The molecular weight excluding hydrogens is 413 g/mol. The van der Waals surface area contributed by atoms with Crippen molar-refractivity contribution in [1.29, 1.82) is 0 Å². The summed E-state index contributed by atoms with van der Waals surface area (Å²) in [7, 11) is 0. The van der Waals surface area contributed by atoms with E-state index < -0.39 is 0 Å². The van der Waals surface area contributed by atoms with Crippen molar-refractivity contribution < 1.29 is 9.50 Å². The van der Waals surface area contributed by atoms with Crippen molar-refractivity contribution in [1.82, 2.24) is 19.5 Å². The number of fused-ring (bicyclic) bond motifs is 1. The molecule has 0 saturated carbocycles. The summed E-state index contributed by atoms with van der Waals surface area (Å²) >= 11 is 1.47. The lowest BCUT2D eigenvalue weighted by atomic mass is 10.0. The second-order valence-electron chi connectivity index (χ2n) is 7.93. The maximum Gasteiger partial charge on any atom is 0.230 e. The van der Waals surface area contributed by atoms with Crippen molar-refractivity contribution in [2.45, 2.75) is 19.9 Å². The number of piperazine rings is 1. The summed E-state index contributed by atoms with van der Waals surface area (Å²) in [5, 5.41) is 15.3. The molecule has 4 aromatic rings. The molecule has 8 heteroatoms. The number of halogens is 1. The molecule has 1 aliphatic rings. The Kier molecular flexibility index (Phi) is 5.11. The Hall–Kier alpha value is -2.97. The normalized spacial score (nSPS) is 16.2. The molecule has 0 spiro atoms. The van der Waals surface area contributed by atoms with Crippen LogP contribution in [0.2, 0.25) is 0 Å². The third-order valence-corrected chi connectivity index (χ3v) is 6.86. The molecule has 31 heavy (non-hydrogen) atoms. The van der Waals surface area contributed by atoms with E-state index in [1.54, 1.807) is 6.07 Å². The zero-order chi connectivity index (χ0) is 21.5. The standard InChI is InChI=1S/C23H24FN5OS/c1-15-6-5-7-17(14-15)20(21-22(30)29-23(31-21)25-16(2)26-29)28-12-10-27(11-13-28)19-9-4-3-8-18(19)24/h3-9,14,20,30H,10-13H2,1-2H3. The van der Waals surface area contributed by atoms with Gasteiger partial charge in [0.25, 0.3) is 0 Å². The average molecular weight is 438 g/mol. The van der Waals surface area contributed by atoms with Crippen LogP contribution < -0.4 is 4.90 Å². The fraction of sp³-hybridized carbons (Fsp3) is 0.304. The fourth-order valence-corrected chi connectivity index (χ4v) is 5.49. The van der Waals surface area contributed by atoms with Crippen LogP contribution in [-0.4, -0.2) is 50.8 Å². The van der Waals surface area contributed by atoms with Crippen LogP contribution in [0.25, 0.3) is 4.96 Å². The first-order valence-electron chi connectivity index (χ1n) is 10.4. The number of thiazole rings is 1. The first-order chi connectivity index (χ1) is 15.0. The van der Waals surface area contributed by atoms with E-state index in [4.69, 9.17) is 0 Å². The number of nitrogens with zero attached hydrogens (tertiary/aromatic N) is 5. The van der Waals surface area contributed by atoms with Crippen molar-refractivity contribution >= 4 is 22.0 Å². The molecule has 6 nitrogen and oxygen atoms in total. The van der Waals surface area contributed by atoms with Gasteiger partial charge < -0.3 is 10.0 Å². The third kappa shape index (κ3) is 3.66. The highest BCUT2D eigenvalue weighted by Gasteiger charge is 2.32. The fourth-order valence-electron chi connectivity index (χ4n) is 4.32. The van der Waals surface area contributed by atoms with Gasteiger partial charge in [-0.15, -0.1) is 5.10 Å². The molecule has 0 aliphatic carbocycles. The first-order valence-corrected chi connectivity index (χ1v) is 11.2. The maximum atomic E-state index is 14.3. The number of hydrogen-bond donors (Lipinski definition) is 1.